The van der Waals surface area contributed by atoms with Gasteiger partial charge in [-0.15, -0.1) is 0 Å². The minimum absolute atomic E-state index is 0.110. The lowest BCUT2D eigenvalue weighted by Crippen LogP contribution is -2.40. The minimum atomic E-state index is -0.237. The van der Waals surface area contributed by atoms with Crippen LogP contribution in [0.15, 0.2) is 35.5 Å². The van der Waals surface area contributed by atoms with Crippen LogP contribution in [0, 0.1) is 11.3 Å². The van der Waals surface area contributed by atoms with Gasteiger partial charge in [0.1, 0.15) is 18.3 Å². The number of amidine groups is 1. The summed E-state index contributed by atoms with van der Waals surface area (Å²) >= 11 is 6.32. The van der Waals surface area contributed by atoms with Crippen LogP contribution in [0.5, 0.6) is 0 Å². The van der Waals surface area contributed by atoms with E-state index in [0.29, 0.717) is 36.0 Å². The van der Waals surface area contributed by atoms with Gasteiger partial charge in [-0.25, -0.2) is 9.79 Å². The molecule has 31 heavy (non-hydrogen) atoms. The molecular weight excluding hydrogens is 416 g/mol. The van der Waals surface area contributed by atoms with Crippen molar-refractivity contribution in [3.05, 3.63) is 46.6 Å². The average Bonchev–Trinajstić information content (AvgIpc) is 3.20. The molecule has 1 saturated heterocycles. The first-order valence-electron chi connectivity index (χ1n) is 10.4. The highest BCUT2D eigenvalue weighted by atomic mass is 35.5. The lowest BCUT2D eigenvalue weighted by Gasteiger charge is -2.33. The number of aliphatic imine (C=N–C) groups is 1. The molecule has 9 heteroatoms. The van der Waals surface area contributed by atoms with Gasteiger partial charge in [0.25, 0.3) is 0 Å². The molecule has 0 saturated carbocycles. The van der Waals surface area contributed by atoms with E-state index in [1.807, 2.05) is 19.9 Å². The van der Waals surface area contributed by atoms with Crippen LogP contribution in [0.4, 0.5) is 16.3 Å². The Bertz CT molecular complexity index is 1050. The summed E-state index contributed by atoms with van der Waals surface area (Å²) < 4.78 is 7.55. The van der Waals surface area contributed by atoms with Crippen LogP contribution in [0.1, 0.15) is 43.9 Å². The number of aromatic nitrogens is 1. The molecule has 8 nitrogen and oxygen atoms in total. The first-order valence-corrected chi connectivity index (χ1v) is 10.8. The molecule has 2 aliphatic rings. The van der Waals surface area contributed by atoms with E-state index >= 15 is 0 Å². The Morgan fingerprint density at radius 3 is 2.81 bits per heavy atom. The predicted molar refractivity (Wildman–Crippen MR) is 121 cm³/mol. The van der Waals surface area contributed by atoms with Crippen LogP contribution in [0.25, 0.3) is 0 Å². The van der Waals surface area contributed by atoms with Gasteiger partial charge >= 0.3 is 6.09 Å². The topological polar surface area (TPSA) is 94.7 Å². The van der Waals surface area contributed by atoms with Crippen molar-refractivity contribution in [2.24, 2.45) is 4.99 Å². The van der Waals surface area contributed by atoms with Crippen LogP contribution in [-0.4, -0.2) is 47.3 Å². The number of benzene rings is 1. The molecule has 3 heterocycles. The maximum atomic E-state index is 12.2. The zero-order valence-electron chi connectivity index (χ0n) is 17.6. The fourth-order valence-electron chi connectivity index (χ4n) is 3.93. The van der Waals surface area contributed by atoms with Gasteiger partial charge in [0.05, 0.1) is 34.0 Å². The summed E-state index contributed by atoms with van der Waals surface area (Å²) in [5.74, 6) is 1.74. The summed E-state index contributed by atoms with van der Waals surface area (Å²) in [4.78, 5) is 18.5. The van der Waals surface area contributed by atoms with E-state index in [1.165, 1.54) is 0 Å². The Kier molecular flexibility index (Phi) is 6.05. The SMILES string of the molecule is CC(C)OC(=O)N1CCC(n2ccc3c2NCN=C3Nc2ccc(C#N)cc2Cl)CC1. The van der Waals surface area contributed by atoms with Crippen LogP contribution < -0.4 is 10.6 Å². The summed E-state index contributed by atoms with van der Waals surface area (Å²) in [6, 6.07) is 9.55. The highest BCUT2D eigenvalue weighted by molar-refractivity contribution is 6.34. The number of carbonyl (C=O) groups excluding carboxylic acids is 1. The zero-order valence-corrected chi connectivity index (χ0v) is 18.3. The number of nitrogens with zero attached hydrogens (tertiary/aromatic N) is 4. The highest BCUT2D eigenvalue weighted by Gasteiger charge is 2.28. The fraction of sp³-hybridized carbons (Fsp3) is 0.409. The summed E-state index contributed by atoms with van der Waals surface area (Å²) in [7, 11) is 0. The number of amides is 1. The third-order valence-corrected chi connectivity index (χ3v) is 5.77. The molecule has 0 atom stereocenters. The Hall–Kier alpha value is -3.18. The molecule has 0 spiro atoms. The second-order valence-electron chi connectivity index (χ2n) is 7.91. The van der Waals surface area contributed by atoms with E-state index in [1.54, 1.807) is 23.1 Å². The predicted octanol–water partition coefficient (Wildman–Crippen LogP) is 4.44. The molecule has 162 valence electrons. The normalized spacial score (nSPS) is 16.2. The van der Waals surface area contributed by atoms with Gasteiger partial charge in [-0.05, 0) is 51.0 Å². The van der Waals surface area contributed by atoms with E-state index in [0.717, 1.165) is 30.1 Å². The van der Waals surface area contributed by atoms with Crippen molar-refractivity contribution in [2.45, 2.75) is 38.8 Å². The molecule has 0 bridgehead atoms. The Balaban J connectivity index is 1.46. The Morgan fingerprint density at radius 2 is 2.13 bits per heavy atom. The second-order valence-corrected chi connectivity index (χ2v) is 8.32. The number of rotatable bonds is 3. The third-order valence-electron chi connectivity index (χ3n) is 5.46. The van der Waals surface area contributed by atoms with Crippen molar-refractivity contribution < 1.29 is 9.53 Å². The third kappa shape index (κ3) is 4.47. The largest absolute Gasteiger partial charge is 0.447 e. The van der Waals surface area contributed by atoms with Crippen LogP contribution in [0.3, 0.4) is 0 Å². The van der Waals surface area contributed by atoms with Crippen LogP contribution in [0.2, 0.25) is 5.02 Å². The second kappa shape index (κ2) is 8.90. The van der Waals surface area contributed by atoms with Crippen molar-refractivity contribution in [1.82, 2.24) is 9.47 Å². The van der Waals surface area contributed by atoms with Crippen molar-refractivity contribution >= 4 is 35.0 Å². The molecule has 0 aliphatic carbocycles. The molecule has 1 fully saturated rings. The number of hydrogen-bond acceptors (Lipinski definition) is 6. The van der Waals surface area contributed by atoms with Crippen molar-refractivity contribution in [1.29, 1.82) is 5.26 Å². The Morgan fingerprint density at radius 1 is 1.35 bits per heavy atom. The van der Waals surface area contributed by atoms with Gasteiger partial charge in [-0.1, -0.05) is 11.6 Å². The summed E-state index contributed by atoms with van der Waals surface area (Å²) in [5, 5.41) is 16.2. The molecule has 2 N–H and O–H groups in total. The Labute approximate surface area is 186 Å². The van der Waals surface area contributed by atoms with E-state index in [-0.39, 0.29) is 18.2 Å². The molecule has 0 unspecified atom stereocenters. The van der Waals surface area contributed by atoms with Crippen molar-refractivity contribution in [3.63, 3.8) is 0 Å². The summed E-state index contributed by atoms with van der Waals surface area (Å²) in [5.41, 5.74) is 2.18. The first-order chi connectivity index (χ1) is 15.0. The average molecular weight is 441 g/mol. The molecular formula is C22H25ClN6O2. The number of ether oxygens (including phenoxy) is 1. The summed E-state index contributed by atoms with van der Waals surface area (Å²) in [6.45, 7) is 5.51. The summed E-state index contributed by atoms with van der Waals surface area (Å²) in [6.07, 6.45) is 3.43. The van der Waals surface area contributed by atoms with E-state index in [2.05, 4.69) is 32.5 Å². The van der Waals surface area contributed by atoms with Gasteiger partial charge in [0.2, 0.25) is 0 Å². The minimum Gasteiger partial charge on any atom is -0.447 e. The number of nitriles is 1. The lowest BCUT2D eigenvalue weighted by molar-refractivity contribution is 0.0662. The quantitative estimate of drug-likeness (QED) is 0.735. The smallest absolute Gasteiger partial charge is 0.410 e. The van der Waals surface area contributed by atoms with E-state index in [9.17, 15) is 4.79 Å². The monoisotopic (exact) mass is 440 g/mol. The molecule has 1 aromatic heterocycles. The molecule has 2 aliphatic heterocycles. The highest BCUT2D eigenvalue weighted by Crippen LogP contribution is 2.32. The molecule has 4 rings (SSSR count). The lowest BCUT2D eigenvalue weighted by atomic mass is 10.1. The molecule has 1 amide bonds. The van der Waals surface area contributed by atoms with Gasteiger partial charge in [0.15, 0.2) is 0 Å². The van der Waals surface area contributed by atoms with Crippen LogP contribution in [-0.2, 0) is 4.74 Å². The van der Waals surface area contributed by atoms with E-state index in [4.69, 9.17) is 21.6 Å². The number of hydrogen-bond donors (Lipinski definition) is 2. The zero-order chi connectivity index (χ0) is 22.0. The molecule has 2 aromatic rings. The number of halogens is 1. The van der Waals surface area contributed by atoms with Crippen molar-refractivity contribution in [2.75, 3.05) is 30.4 Å². The maximum Gasteiger partial charge on any atom is 0.410 e. The van der Waals surface area contributed by atoms with Gasteiger partial charge in [-0.2, -0.15) is 5.26 Å². The van der Waals surface area contributed by atoms with E-state index < -0.39 is 0 Å². The van der Waals surface area contributed by atoms with Crippen molar-refractivity contribution in [3.8, 4) is 6.07 Å². The number of fused-ring (bicyclic) bond motifs is 1. The number of nitrogens with one attached hydrogen (secondary N) is 2. The van der Waals surface area contributed by atoms with Gasteiger partial charge < -0.3 is 24.8 Å². The van der Waals surface area contributed by atoms with Gasteiger partial charge in [0, 0.05) is 25.3 Å². The number of carbonyl (C=O) groups is 1. The van der Waals surface area contributed by atoms with Gasteiger partial charge in [-0.3, -0.25) is 0 Å². The standard InChI is InChI=1S/C22H25ClN6O2/c1-14(2)31-22(30)28-8-5-16(6-9-28)29-10-7-17-20(25-13-26-21(17)29)27-19-4-3-15(12-24)11-18(19)23/h3-4,7,10-11,14,16,26H,5-6,8-9,13H2,1-2H3,(H,25,27). The molecule has 0 radical (unpaired) electrons. The van der Waals surface area contributed by atoms with Crippen LogP contribution >= 0.6 is 11.6 Å². The maximum absolute atomic E-state index is 12.2. The number of likely N-dealkylation sites (tertiary alicyclic amines) is 1. The number of anilines is 2. The number of piperidine rings is 1. The first kappa shape index (κ1) is 21.1. The fourth-order valence-corrected chi connectivity index (χ4v) is 4.16. The molecule has 1 aromatic carbocycles.